The lowest BCUT2D eigenvalue weighted by atomic mass is 10.2. The smallest absolute Gasteiger partial charge is 0.230 e. The SMILES string of the molecule is Cc1ccc(SCCNC(=O)CSC(=S)N2CCCC2)cc1. The molecule has 1 amide bonds. The Morgan fingerprint density at radius 1 is 1.27 bits per heavy atom. The molecule has 3 nitrogen and oxygen atoms in total. The van der Waals surface area contributed by atoms with Crippen molar-refractivity contribution in [3.8, 4) is 0 Å². The number of rotatable bonds is 6. The molecule has 1 heterocycles. The van der Waals surface area contributed by atoms with Crippen LogP contribution in [0.25, 0.3) is 0 Å². The minimum atomic E-state index is 0.0658. The summed E-state index contributed by atoms with van der Waals surface area (Å²) >= 11 is 8.58. The van der Waals surface area contributed by atoms with Gasteiger partial charge in [0.25, 0.3) is 0 Å². The molecule has 120 valence electrons. The first-order valence-electron chi connectivity index (χ1n) is 7.53. The maximum atomic E-state index is 11.8. The van der Waals surface area contributed by atoms with Crippen LogP contribution in [0.15, 0.2) is 29.2 Å². The molecule has 0 saturated carbocycles. The highest BCUT2D eigenvalue weighted by atomic mass is 32.2. The molecule has 1 aromatic carbocycles. The summed E-state index contributed by atoms with van der Waals surface area (Å²) in [5, 5.41) is 2.95. The molecule has 0 atom stereocenters. The molecule has 0 unspecified atom stereocenters. The minimum absolute atomic E-state index is 0.0658. The van der Waals surface area contributed by atoms with E-state index in [0.29, 0.717) is 12.3 Å². The lowest BCUT2D eigenvalue weighted by molar-refractivity contribution is -0.118. The van der Waals surface area contributed by atoms with Gasteiger partial charge in [0, 0.05) is 30.3 Å². The monoisotopic (exact) mass is 354 g/mol. The summed E-state index contributed by atoms with van der Waals surface area (Å²) in [5.74, 6) is 1.37. The molecule has 0 aromatic heterocycles. The fraction of sp³-hybridized carbons (Fsp3) is 0.500. The summed E-state index contributed by atoms with van der Waals surface area (Å²) in [6.45, 7) is 4.86. The lowest BCUT2D eigenvalue weighted by Gasteiger charge is -2.17. The van der Waals surface area contributed by atoms with E-state index >= 15 is 0 Å². The van der Waals surface area contributed by atoms with E-state index in [1.54, 1.807) is 11.8 Å². The Balaban J connectivity index is 1.55. The number of nitrogens with one attached hydrogen (secondary N) is 1. The van der Waals surface area contributed by atoms with Gasteiger partial charge in [-0.3, -0.25) is 4.79 Å². The largest absolute Gasteiger partial charge is 0.358 e. The van der Waals surface area contributed by atoms with Crippen molar-refractivity contribution in [3.05, 3.63) is 29.8 Å². The average molecular weight is 355 g/mol. The number of thiocarbonyl (C=S) groups is 1. The maximum Gasteiger partial charge on any atom is 0.230 e. The Kier molecular flexibility index (Phi) is 7.55. The molecule has 22 heavy (non-hydrogen) atoms. The number of likely N-dealkylation sites (tertiary alicyclic amines) is 1. The summed E-state index contributed by atoms with van der Waals surface area (Å²) in [6, 6.07) is 8.45. The molecule has 1 aliphatic heterocycles. The number of aryl methyl sites for hydroxylation is 1. The number of hydrogen-bond donors (Lipinski definition) is 1. The predicted molar refractivity (Wildman–Crippen MR) is 101 cm³/mol. The standard InChI is InChI=1S/C16H22N2OS3/c1-13-4-6-14(7-5-13)21-11-8-17-15(19)12-22-16(20)18-9-2-3-10-18/h4-7H,2-3,8-12H2,1H3,(H,17,19). The normalized spacial score (nSPS) is 14.1. The Hall–Kier alpha value is -0.720. The summed E-state index contributed by atoms with van der Waals surface area (Å²) in [6.07, 6.45) is 2.42. The summed E-state index contributed by atoms with van der Waals surface area (Å²) in [4.78, 5) is 15.2. The zero-order valence-corrected chi connectivity index (χ0v) is 15.3. The van der Waals surface area contributed by atoms with Gasteiger partial charge in [0.1, 0.15) is 4.32 Å². The van der Waals surface area contributed by atoms with Crippen LogP contribution in [0.2, 0.25) is 0 Å². The number of amides is 1. The van der Waals surface area contributed by atoms with Crippen LogP contribution in [0.3, 0.4) is 0 Å². The van der Waals surface area contributed by atoms with E-state index in [9.17, 15) is 4.79 Å². The predicted octanol–water partition coefficient (Wildman–Crippen LogP) is 3.32. The molecule has 0 bridgehead atoms. The topological polar surface area (TPSA) is 32.3 Å². The molecular weight excluding hydrogens is 332 g/mol. The molecule has 1 N–H and O–H groups in total. The van der Waals surface area contributed by atoms with Gasteiger partial charge in [0.15, 0.2) is 0 Å². The van der Waals surface area contributed by atoms with Crippen molar-refractivity contribution in [1.29, 1.82) is 0 Å². The summed E-state index contributed by atoms with van der Waals surface area (Å²) < 4.78 is 0.863. The number of nitrogens with zero attached hydrogens (tertiary/aromatic N) is 1. The van der Waals surface area contributed by atoms with Crippen LogP contribution >= 0.6 is 35.7 Å². The molecule has 0 radical (unpaired) electrons. The van der Waals surface area contributed by atoms with Crippen LogP contribution < -0.4 is 5.32 Å². The van der Waals surface area contributed by atoms with Crippen LogP contribution in [-0.2, 0) is 4.79 Å². The average Bonchev–Trinajstić information content (AvgIpc) is 3.05. The van der Waals surface area contributed by atoms with E-state index in [1.807, 2.05) is 0 Å². The first kappa shape index (κ1) is 17.6. The second kappa shape index (κ2) is 9.43. The van der Waals surface area contributed by atoms with Crippen LogP contribution in [-0.4, -0.2) is 46.3 Å². The van der Waals surface area contributed by atoms with Crippen molar-refractivity contribution in [1.82, 2.24) is 10.2 Å². The highest BCUT2D eigenvalue weighted by molar-refractivity contribution is 8.23. The van der Waals surface area contributed by atoms with Gasteiger partial charge in [-0.05, 0) is 31.9 Å². The molecule has 1 aromatic rings. The van der Waals surface area contributed by atoms with Crippen molar-refractivity contribution in [2.24, 2.45) is 0 Å². The Morgan fingerprint density at radius 2 is 1.95 bits per heavy atom. The van der Waals surface area contributed by atoms with E-state index in [4.69, 9.17) is 12.2 Å². The fourth-order valence-electron chi connectivity index (χ4n) is 2.16. The number of hydrogen-bond acceptors (Lipinski definition) is 4. The van der Waals surface area contributed by atoms with E-state index < -0.39 is 0 Å². The second-order valence-corrected chi connectivity index (χ2v) is 8.04. The van der Waals surface area contributed by atoms with Gasteiger partial charge >= 0.3 is 0 Å². The van der Waals surface area contributed by atoms with Gasteiger partial charge in [0.05, 0.1) is 5.75 Å². The molecule has 6 heteroatoms. The first-order valence-corrected chi connectivity index (χ1v) is 9.91. The van der Waals surface area contributed by atoms with Crippen molar-refractivity contribution in [2.75, 3.05) is 31.1 Å². The number of carbonyl (C=O) groups excluding carboxylic acids is 1. The highest BCUT2D eigenvalue weighted by Crippen LogP contribution is 2.18. The van der Waals surface area contributed by atoms with Gasteiger partial charge in [-0.15, -0.1) is 11.8 Å². The quantitative estimate of drug-likeness (QED) is 0.481. The third-order valence-corrected chi connectivity index (χ3v) is 5.94. The molecule has 1 aliphatic rings. The molecule has 0 spiro atoms. The van der Waals surface area contributed by atoms with E-state index in [2.05, 4.69) is 41.4 Å². The molecule has 1 saturated heterocycles. The van der Waals surface area contributed by atoms with Gasteiger partial charge < -0.3 is 10.2 Å². The molecule has 0 aliphatic carbocycles. The van der Waals surface area contributed by atoms with Crippen LogP contribution in [0.5, 0.6) is 0 Å². The number of thioether (sulfide) groups is 2. The molecule has 1 fully saturated rings. The van der Waals surface area contributed by atoms with Gasteiger partial charge in [-0.2, -0.15) is 0 Å². The van der Waals surface area contributed by atoms with Crippen molar-refractivity contribution >= 4 is 46.0 Å². The zero-order valence-electron chi connectivity index (χ0n) is 12.8. The number of carbonyl (C=O) groups is 1. The summed E-state index contributed by atoms with van der Waals surface area (Å²) in [5.41, 5.74) is 1.27. The van der Waals surface area contributed by atoms with Gasteiger partial charge in [-0.1, -0.05) is 41.7 Å². The van der Waals surface area contributed by atoms with Crippen molar-refractivity contribution in [3.63, 3.8) is 0 Å². The van der Waals surface area contributed by atoms with Crippen LogP contribution in [0, 0.1) is 6.92 Å². The Bertz CT molecular complexity index is 499. The third-order valence-electron chi connectivity index (χ3n) is 3.40. The summed E-state index contributed by atoms with van der Waals surface area (Å²) in [7, 11) is 0. The van der Waals surface area contributed by atoms with Crippen molar-refractivity contribution < 1.29 is 4.79 Å². The van der Waals surface area contributed by atoms with E-state index in [0.717, 1.165) is 23.2 Å². The van der Waals surface area contributed by atoms with Crippen LogP contribution in [0.1, 0.15) is 18.4 Å². The minimum Gasteiger partial charge on any atom is -0.358 e. The van der Waals surface area contributed by atoms with E-state index in [-0.39, 0.29) is 5.91 Å². The molecule has 2 rings (SSSR count). The van der Waals surface area contributed by atoms with Crippen LogP contribution in [0.4, 0.5) is 0 Å². The lowest BCUT2D eigenvalue weighted by Crippen LogP contribution is -2.30. The fourth-order valence-corrected chi connectivity index (χ4v) is 4.01. The van der Waals surface area contributed by atoms with E-state index in [1.165, 1.54) is 35.1 Å². The molecular formula is C16H22N2OS3. The third kappa shape index (κ3) is 6.18. The zero-order chi connectivity index (χ0) is 15.8. The highest BCUT2D eigenvalue weighted by Gasteiger charge is 2.15. The van der Waals surface area contributed by atoms with Gasteiger partial charge in [-0.25, -0.2) is 0 Å². The van der Waals surface area contributed by atoms with Gasteiger partial charge in [0.2, 0.25) is 5.91 Å². The van der Waals surface area contributed by atoms with Crippen molar-refractivity contribution in [2.45, 2.75) is 24.7 Å². The number of benzene rings is 1. The Morgan fingerprint density at radius 3 is 2.64 bits per heavy atom. The Labute approximate surface area is 146 Å². The second-order valence-electron chi connectivity index (χ2n) is 5.26. The first-order chi connectivity index (χ1) is 10.6. The maximum absolute atomic E-state index is 11.8.